The SMILES string of the molecule is CN(C)C(=O)CCc1c(-c2ccccc2)cn2ccccc12. The maximum atomic E-state index is 11.9. The minimum absolute atomic E-state index is 0.161. The molecule has 112 valence electrons. The normalized spacial score (nSPS) is 10.8. The molecule has 1 aromatic carbocycles. The van der Waals surface area contributed by atoms with Crippen molar-refractivity contribution < 1.29 is 4.79 Å². The number of benzene rings is 1. The smallest absolute Gasteiger partial charge is 0.222 e. The molecule has 0 unspecified atom stereocenters. The molecule has 0 aliphatic rings. The fraction of sp³-hybridized carbons (Fsp3) is 0.211. The number of aromatic nitrogens is 1. The molecule has 3 heteroatoms. The molecule has 2 aromatic heterocycles. The van der Waals surface area contributed by atoms with Crippen LogP contribution in [0.1, 0.15) is 12.0 Å². The molecule has 0 saturated heterocycles. The van der Waals surface area contributed by atoms with E-state index in [2.05, 4.69) is 35.0 Å². The summed E-state index contributed by atoms with van der Waals surface area (Å²) in [6.07, 6.45) is 5.49. The Hall–Kier alpha value is -2.55. The molecule has 0 bridgehead atoms. The van der Waals surface area contributed by atoms with Crippen molar-refractivity contribution in [2.45, 2.75) is 12.8 Å². The second kappa shape index (κ2) is 6.06. The van der Waals surface area contributed by atoms with Crippen molar-refractivity contribution in [3.63, 3.8) is 0 Å². The average Bonchev–Trinajstić information content (AvgIpc) is 2.92. The zero-order chi connectivity index (χ0) is 15.5. The maximum Gasteiger partial charge on any atom is 0.222 e. The van der Waals surface area contributed by atoms with E-state index in [4.69, 9.17) is 0 Å². The van der Waals surface area contributed by atoms with Crippen LogP contribution in [0.15, 0.2) is 60.9 Å². The van der Waals surface area contributed by atoms with Gasteiger partial charge in [-0.2, -0.15) is 0 Å². The molecule has 0 saturated carbocycles. The summed E-state index contributed by atoms with van der Waals surface area (Å²) in [5, 5.41) is 0. The van der Waals surface area contributed by atoms with Gasteiger partial charge in [-0.05, 0) is 29.7 Å². The van der Waals surface area contributed by atoms with E-state index < -0.39 is 0 Å². The van der Waals surface area contributed by atoms with Gasteiger partial charge in [-0.25, -0.2) is 0 Å². The Balaban J connectivity index is 2.04. The minimum Gasteiger partial charge on any atom is -0.349 e. The average molecular weight is 292 g/mol. The zero-order valence-corrected chi connectivity index (χ0v) is 13.0. The van der Waals surface area contributed by atoms with Crippen LogP contribution in [0, 0.1) is 0 Å². The van der Waals surface area contributed by atoms with E-state index in [9.17, 15) is 4.79 Å². The highest BCUT2D eigenvalue weighted by Crippen LogP contribution is 2.29. The van der Waals surface area contributed by atoms with Crippen LogP contribution in [0.4, 0.5) is 0 Å². The first-order valence-corrected chi connectivity index (χ1v) is 7.51. The number of amides is 1. The highest BCUT2D eigenvalue weighted by atomic mass is 16.2. The lowest BCUT2D eigenvalue weighted by molar-refractivity contribution is -0.128. The molecule has 2 heterocycles. The van der Waals surface area contributed by atoms with Crippen LogP contribution in [-0.2, 0) is 11.2 Å². The molecule has 1 amide bonds. The molecule has 0 spiro atoms. The highest BCUT2D eigenvalue weighted by Gasteiger charge is 2.14. The molecule has 0 radical (unpaired) electrons. The Kier molecular flexibility index (Phi) is 3.96. The minimum atomic E-state index is 0.161. The standard InChI is InChI=1S/C19H20N2O/c1-20(2)19(22)12-11-16-17(15-8-4-3-5-9-15)14-21-13-7-6-10-18(16)21/h3-10,13-14H,11-12H2,1-2H3. The predicted octanol–water partition coefficient (Wildman–Crippen LogP) is 3.63. The Morgan fingerprint density at radius 1 is 1.05 bits per heavy atom. The van der Waals surface area contributed by atoms with Crippen LogP contribution in [0.2, 0.25) is 0 Å². The van der Waals surface area contributed by atoms with Crippen LogP contribution < -0.4 is 0 Å². The Bertz CT molecular complexity index is 788. The molecular formula is C19H20N2O. The van der Waals surface area contributed by atoms with E-state index in [0.717, 1.165) is 6.42 Å². The fourth-order valence-corrected chi connectivity index (χ4v) is 2.76. The van der Waals surface area contributed by atoms with Gasteiger partial charge in [-0.15, -0.1) is 0 Å². The summed E-state index contributed by atoms with van der Waals surface area (Å²) in [5.41, 5.74) is 4.81. The van der Waals surface area contributed by atoms with Crippen molar-refractivity contribution in [3.05, 3.63) is 66.5 Å². The predicted molar refractivity (Wildman–Crippen MR) is 89.8 cm³/mol. The molecule has 0 atom stereocenters. The monoisotopic (exact) mass is 292 g/mol. The quantitative estimate of drug-likeness (QED) is 0.720. The summed E-state index contributed by atoms with van der Waals surface area (Å²) >= 11 is 0. The Morgan fingerprint density at radius 2 is 1.77 bits per heavy atom. The summed E-state index contributed by atoms with van der Waals surface area (Å²) < 4.78 is 2.14. The molecular weight excluding hydrogens is 272 g/mol. The van der Waals surface area contributed by atoms with Crippen LogP contribution in [0.3, 0.4) is 0 Å². The number of nitrogens with zero attached hydrogens (tertiary/aromatic N) is 2. The van der Waals surface area contributed by atoms with E-state index >= 15 is 0 Å². The van der Waals surface area contributed by atoms with Crippen LogP contribution in [0.25, 0.3) is 16.6 Å². The third-order valence-corrected chi connectivity index (χ3v) is 3.96. The first kappa shape index (κ1) is 14.4. The van der Waals surface area contributed by atoms with Crippen molar-refractivity contribution >= 4 is 11.4 Å². The van der Waals surface area contributed by atoms with Gasteiger partial charge >= 0.3 is 0 Å². The molecule has 0 N–H and O–H groups in total. The molecule has 3 rings (SSSR count). The maximum absolute atomic E-state index is 11.9. The number of hydrogen-bond acceptors (Lipinski definition) is 1. The van der Waals surface area contributed by atoms with E-state index in [-0.39, 0.29) is 5.91 Å². The van der Waals surface area contributed by atoms with Gasteiger partial charge in [0.1, 0.15) is 0 Å². The number of pyridine rings is 1. The largest absolute Gasteiger partial charge is 0.349 e. The van der Waals surface area contributed by atoms with Gasteiger partial charge in [0, 0.05) is 44.0 Å². The van der Waals surface area contributed by atoms with Crippen LogP contribution >= 0.6 is 0 Å². The molecule has 3 aromatic rings. The van der Waals surface area contributed by atoms with E-state index in [1.54, 1.807) is 19.0 Å². The van der Waals surface area contributed by atoms with Gasteiger partial charge < -0.3 is 9.30 Å². The highest BCUT2D eigenvalue weighted by molar-refractivity contribution is 5.80. The Morgan fingerprint density at radius 3 is 2.50 bits per heavy atom. The number of rotatable bonds is 4. The number of hydrogen-bond donors (Lipinski definition) is 0. The van der Waals surface area contributed by atoms with E-state index in [1.165, 1.54) is 22.2 Å². The van der Waals surface area contributed by atoms with Crippen molar-refractivity contribution in [3.8, 4) is 11.1 Å². The van der Waals surface area contributed by atoms with E-state index in [1.807, 2.05) is 30.3 Å². The van der Waals surface area contributed by atoms with E-state index in [0.29, 0.717) is 6.42 Å². The summed E-state index contributed by atoms with van der Waals surface area (Å²) in [6.45, 7) is 0. The summed E-state index contributed by atoms with van der Waals surface area (Å²) in [4.78, 5) is 13.6. The van der Waals surface area contributed by atoms with Crippen molar-refractivity contribution in [2.24, 2.45) is 0 Å². The van der Waals surface area contributed by atoms with Gasteiger partial charge in [0.15, 0.2) is 0 Å². The summed E-state index contributed by atoms with van der Waals surface area (Å²) in [7, 11) is 3.61. The van der Waals surface area contributed by atoms with Crippen molar-refractivity contribution in [2.75, 3.05) is 14.1 Å². The van der Waals surface area contributed by atoms with Crippen LogP contribution in [-0.4, -0.2) is 29.3 Å². The molecule has 3 nitrogen and oxygen atoms in total. The molecule has 0 fully saturated rings. The second-order valence-electron chi connectivity index (χ2n) is 5.67. The van der Waals surface area contributed by atoms with Gasteiger partial charge in [0.05, 0.1) is 0 Å². The Labute approximate surface area is 130 Å². The lowest BCUT2D eigenvalue weighted by Gasteiger charge is -2.10. The second-order valence-corrected chi connectivity index (χ2v) is 5.67. The zero-order valence-electron chi connectivity index (χ0n) is 13.0. The number of aryl methyl sites for hydroxylation is 1. The van der Waals surface area contributed by atoms with Crippen molar-refractivity contribution in [1.29, 1.82) is 0 Å². The third-order valence-electron chi connectivity index (χ3n) is 3.96. The lowest BCUT2D eigenvalue weighted by atomic mass is 10.00. The first-order chi connectivity index (χ1) is 10.7. The fourth-order valence-electron chi connectivity index (χ4n) is 2.76. The third kappa shape index (κ3) is 2.75. The summed E-state index contributed by atoms with van der Waals surface area (Å²) in [5.74, 6) is 0.161. The molecule has 0 aliphatic carbocycles. The van der Waals surface area contributed by atoms with Crippen LogP contribution in [0.5, 0.6) is 0 Å². The molecule has 22 heavy (non-hydrogen) atoms. The van der Waals surface area contributed by atoms with Gasteiger partial charge in [0.25, 0.3) is 0 Å². The van der Waals surface area contributed by atoms with Gasteiger partial charge in [-0.3, -0.25) is 4.79 Å². The van der Waals surface area contributed by atoms with Gasteiger partial charge in [0.2, 0.25) is 5.91 Å². The molecule has 0 aliphatic heterocycles. The topological polar surface area (TPSA) is 24.7 Å². The van der Waals surface area contributed by atoms with Crippen molar-refractivity contribution in [1.82, 2.24) is 9.30 Å². The lowest BCUT2D eigenvalue weighted by Crippen LogP contribution is -2.21. The number of carbonyl (C=O) groups is 1. The summed E-state index contributed by atoms with van der Waals surface area (Å²) in [6, 6.07) is 16.5. The first-order valence-electron chi connectivity index (χ1n) is 7.51. The number of fused-ring (bicyclic) bond motifs is 1. The van der Waals surface area contributed by atoms with Gasteiger partial charge in [-0.1, -0.05) is 36.4 Å². The number of carbonyl (C=O) groups excluding carboxylic acids is 1.